The topological polar surface area (TPSA) is 69.0 Å². The molecule has 31 heavy (non-hydrogen) atoms. The van der Waals surface area contributed by atoms with Crippen molar-refractivity contribution in [2.24, 2.45) is 0 Å². The highest BCUT2D eigenvalue weighted by molar-refractivity contribution is 7.90. The molecular formula is C22H15ClF2N2O3S. The van der Waals surface area contributed by atoms with Crippen LogP contribution in [0.3, 0.4) is 0 Å². The molecule has 0 bridgehead atoms. The van der Waals surface area contributed by atoms with Crippen molar-refractivity contribution in [2.45, 2.75) is 18.2 Å². The molecule has 9 heteroatoms. The summed E-state index contributed by atoms with van der Waals surface area (Å²) in [5.41, 5.74) is 0.945. The second-order valence-corrected chi connectivity index (χ2v) is 9.16. The molecule has 0 aliphatic carbocycles. The summed E-state index contributed by atoms with van der Waals surface area (Å²) in [5, 5.41) is 4.39. The molecule has 158 valence electrons. The van der Waals surface area contributed by atoms with Crippen molar-refractivity contribution in [2.75, 3.05) is 0 Å². The number of benzene rings is 3. The maximum atomic E-state index is 14.3. The first-order valence-corrected chi connectivity index (χ1v) is 11.0. The molecule has 4 aromatic rings. The Balaban J connectivity index is 1.76. The molecule has 0 radical (unpaired) electrons. The van der Waals surface area contributed by atoms with E-state index in [2.05, 4.69) is 5.10 Å². The van der Waals surface area contributed by atoms with Gasteiger partial charge in [-0.3, -0.25) is 4.79 Å². The summed E-state index contributed by atoms with van der Waals surface area (Å²) < 4.78 is 55.1. The van der Waals surface area contributed by atoms with Crippen molar-refractivity contribution < 1.29 is 22.0 Å². The van der Waals surface area contributed by atoms with Gasteiger partial charge in [-0.2, -0.15) is 17.6 Å². The minimum Gasteiger partial charge on any atom is -0.294 e. The summed E-state index contributed by atoms with van der Waals surface area (Å²) in [5.74, 6) is -2.18. The van der Waals surface area contributed by atoms with Crippen molar-refractivity contribution in [3.8, 4) is 0 Å². The van der Waals surface area contributed by atoms with Crippen LogP contribution in [0.2, 0.25) is 5.02 Å². The number of halogens is 3. The number of rotatable bonds is 5. The summed E-state index contributed by atoms with van der Waals surface area (Å²) in [4.78, 5) is 12.1. The summed E-state index contributed by atoms with van der Waals surface area (Å²) in [6.45, 7) is 1.65. The van der Waals surface area contributed by atoms with E-state index in [0.29, 0.717) is 16.5 Å². The number of hydrogen-bond acceptors (Lipinski definition) is 4. The van der Waals surface area contributed by atoms with Crippen LogP contribution in [0.5, 0.6) is 0 Å². The van der Waals surface area contributed by atoms with Gasteiger partial charge in [0, 0.05) is 11.8 Å². The van der Waals surface area contributed by atoms with Crippen LogP contribution in [0, 0.1) is 18.6 Å². The summed E-state index contributed by atoms with van der Waals surface area (Å²) >= 11 is 5.96. The van der Waals surface area contributed by atoms with Crippen LogP contribution < -0.4 is 0 Å². The van der Waals surface area contributed by atoms with Gasteiger partial charge < -0.3 is 0 Å². The molecule has 0 fully saturated rings. The minimum absolute atomic E-state index is 0.00591. The third-order valence-electron chi connectivity index (χ3n) is 4.80. The van der Waals surface area contributed by atoms with Crippen molar-refractivity contribution >= 4 is 38.3 Å². The normalized spacial score (nSPS) is 11.7. The number of nitrogens with zero attached hydrogens (tertiary/aromatic N) is 2. The molecule has 0 unspecified atom stereocenters. The number of carbonyl (C=O) groups is 1. The van der Waals surface area contributed by atoms with Gasteiger partial charge in [0.2, 0.25) is 0 Å². The molecule has 0 spiro atoms. The fraction of sp³-hybridized carbons (Fsp3) is 0.0909. The molecule has 0 aliphatic rings. The number of carbonyl (C=O) groups excluding carboxylic acids is 1. The Morgan fingerprint density at radius 2 is 1.84 bits per heavy atom. The number of ketones is 1. The van der Waals surface area contributed by atoms with Crippen LogP contribution in [0.4, 0.5) is 8.78 Å². The molecule has 0 saturated heterocycles. The van der Waals surface area contributed by atoms with Gasteiger partial charge in [0.25, 0.3) is 10.0 Å². The average molecular weight is 461 g/mol. The quantitative estimate of drug-likeness (QED) is 0.396. The van der Waals surface area contributed by atoms with E-state index in [1.54, 1.807) is 19.1 Å². The lowest BCUT2D eigenvalue weighted by Gasteiger charge is -2.09. The lowest BCUT2D eigenvalue weighted by Crippen LogP contribution is -2.16. The predicted molar refractivity (Wildman–Crippen MR) is 113 cm³/mol. The number of hydrogen-bond donors (Lipinski definition) is 0. The zero-order valence-corrected chi connectivity index (χ0v) is 17.7. The van der Waals surface area contributed by atoms with Gasteiger partial charge in [-0.25, -0.2) is 8.78 Å². The SMILES string of the molecule is Cc1ccc(F)c(S(=O)(=O)n2ncc3ccc(CC(=O)c4c(F)cccc4Cl)cc32)c1. The molecule has 5 nitrogen and oxygen atoms in total. The Hall–Kier alpha value is -3.10. The predicted octanol–water partition coefficient (Wildman–Crippen LogP) is 4.94. The smallest absolute Gasteiger partial charge is 0.286 e. The second-order valence-electron chi connectivity index (χ2n) is 7.02. The molecule has 1 aromatic heterocycles. The van der Waals surface area contributed by atoms with E-state index in [1.807, 2.05) is 0 Å². The van der Waals surface area contributed by atoms with Crippen molar-refractivity contribution in [1.82, 2.24) is 9.19 Å². The van der Waals surface area contributed by atoms with Crippen LogP contribution in [0.1, 0.15) is 21.5 Å². The summed E-state index contributed by atoms with van der Waals surface area (Å²) in [6.07, 6.45) is 1.13. The van der Waals surface area contributed by atoms with Crippen LogP contribution in [0.25, 0.3) is 10.9 Å². The van der Waals surface area contributed by atoms with Crippen LogP contribution >= 0.6 is 11.6 Å². The highest BCUT2D eigenvalue weighted by atomic mass is 35.5. The van der Waals surface area contributed by atoms with Gasteiger partial charge in [0.05, 0.1) is 22.3 Å². The van der Waals surface area contributed by atoms with E-state index in [1.165, 1.54) is 36.5 Å². The second kappa shape index (κ2) is 7.86. The maximum absolute atomic E-state index is 14.3. The fourth-order valence-electron chi connectivity index (χ4n) is 3.28. The van der Waals surface area contributed by atoms with E-state index < -0.39 is 32.3 Å². The molecular weight excluding hydrogens is 446 g/mol. The Bertz CT molecular complexity index is 1430. The molecule has 0 atom stereocenters. The molecule has 0 aliphatic heterocycles. The zero-order valence-electron chi connectivity index (χ0n) is 16.1. The Morgan fingerprint density at radius 1 is 1.06 bits per heavy atom. The molecule has 3 aromatic carbocycles. The fourth-order valence-corrected chi connectivity index (χ4v) is 4.97. The third-order valence-corrected chi connectivity index (χ3v) is 6.73. The number of aryl methyl sites for hydroxylation is 1. The van der Waals surface area contributed by atoms with E-state index in [4.69, 9.17) is 11.6 Å². The van der Waals surface area contributed by atoms with E-state index >= 15 is 0 Å². The molecule has 1 heterocycles. The zero-order chi connectivity index (χ0) is 22.3. The van der Waals surface area contributed by atoms with Crippen molar-refractivity contribution in [3.63, 3.8) is 0 Å². The number of Topliss-reactive ketones (excluding diaryl/α,β-unsaturated/α-hetero) is 1. The molecule has 4 rings (SSSR count). The maximum Gasteiger partial charge on any atom is 0.286 e. The molecule has 0 amide bonds. The van der Waals surface area contributed by atoms with Crippen LogP contribution in [-0.4, -0.2) is 23.4 Å². The first-order valence-electron chi connectivity index (χ1n) is 9.14. The third kappa shape index (κ3) is 3.84. The first kappa shape index (κ1) is 21.1. The Morgan fingerprint density at radius 3 is 2.58 bits per heavy atom. The van der Waals surface area contributed by atoms with Gasteiger partial charge in [0.1, 0.15) is 16.5 Å². The van der Waals surface area contributed by atoms with Gasteiger partial charge in [-0.15, -0.1) is 0 Å². The number of aromatic nitrogens is 2. The lowest BCUT2D eigenvalue weighted by atomic mass is 10.0. The van der Waals surface area contributed by atoms with Gasteiger partial charge in [-0.05, 0) is 48.4 Å². The van der Waals surface area contributed by atoms with Crippen LogP contribution in [0.15, 0.2) is 65.7 Å². The minimum atomic E-state index is -4.32. The molecule has 0 saturated carbocycles. The van der Waals surface area contributed by atoms with E-state index in [0.717, 1.165) is 16.2 Å². The van der Waals surface area contributed by atoms with Gasteiger partial charge >= 0.3 is 0 Å². The van der Waals surface area contributed by atoms with Crippen LogP contribution in [-0.2, 0) is 16.4 Å². The van der Waals surface area contributed by atoms with Gasteiger partial charge in [-0.1, -0.05) is 35.9 Å². The van der Waals surface area contributed by atoms with Crippen molar-refractivity contribution in [3.05, 3.63) is 94.1 Å². The summed E-state index contributed by atoms with van der Waals surface area (Å²) in [6, 6.07) is 12.4. The standard InChI is InChI=1S/C22H15ClF2N2O3S/c1-13-5-8-17(24)21(9-13)31(29,30)27-19-10-14(6-7-15(19)12-26-27)11-20(28)22-16(23)3-2-4-18(22)25/h2-10,12H,11H2,1H3. The van der Waals surface area contributed by atoms with Gasteiger partial charge in [0.15, 0.2) is 5.78 Å². The Kier molecular flexibility index (Phi) is 5.36. The first-order chi connectivity index (χ1) is 14.7. The highest BCUT2D eigenvalue weighted by Gasteiger charge is 2.25. The van der Waals surface area contributed by atoms with E-state index in [-0.39, 0.29) is 22.5 Å². The monoisotopic (exact) mass is 460 g/mol. The average Bonchev–Trinajstić information content (AvgIpc) is 3.13. The lowest BCUT2D eigenvalue weighted by molar-refractivity contribution is 0.0989. The largest absolute Gasteiger partial charge is 0.294 e. The molecule has 0 N–H and O–H groups in total. The van der Waals surface area contributed by atoms with Crippen molar-refractivity contribution in [1.29, 1.82) is 0 Å². The Labute approximate surface area is 181 Å². The van der Waals surface area contributed by atoms with E-state index in [9.17, 15) is 22.0 Å². The highest BCUT2D eigenvalue weighted by Crippen LogP contribution is 2.26. The summed E-state index contributed by atoms with van der Waals surface area (Å²) in [7, 11) is -4.32. The number of fused-ring (bicyclic) bond motifs is 1.